The molecule has 1 amide bonds. The van der Waals surface area contributed by atoms with Crippen LogP contribution in [0.15, 0.2) is 72.8 Å². The zero-order chi connectivity index (χ0) is 21.5. The van der Waals surface area contributed by atoms with Gasteiger partial charge in [0.2, 0.25) is 0 Å². The Morgan fingerprint density at radius 3 is 2.06 bits per heavy atom. The highest BCUT2D eigenvalue weighted by Gasteiger charge is 2.38. The van der Waals surface area contributed by atoms with Gasteiger partial charge in [0.25, 0.3) is 0 Å². The molecule has 0 radical (unpaired) electrons. The topological polar surface area (TPSA) is 66.8 Å². The van der Waals surface area contributed by atoms with Crippen molar-refractivity contribution < 1.29 is 19.4 Å². The van der Waals surface area contributed by atoms with Gasteiger partial charge in [-0.2, -0.15) is 0 Å². The minimum Gasteiger partial charge on any atom is -0.481 e. The summed E-state index contributed by atoms with van der Waals surface area (Å²) in [6, 6.07) is 23.4. The Labute approximate surface area is 180 Å². The largest absolute Gasteiger partial charge is 0.481 e. The molecular formula is C26H23NO4. The van der Waals surface area contributed by atoms with Crippen LogP contribution in [0.2, 0.25) is 0 Å². The van der Waals surface area contributed by atoms with E-state index >= 15 is 0 Å². The molecule has 3 aromatic rings. The molecule has 5 rings (SSSR count). The van der Waals surface area contributed by atoms with E-state index in [9.17, 15) is 14.7 Å². The number of anilines is 1. The Morgan fingerprint density at radius 1 is 0.903 bits per heavy atom. The second kappa shape index (κ2) is 7.58. The molecule has 0 aromatic heterocycles. The first kappa shape index (κ1) is 19.4. The predicted octanol–water partition coefficient (Wildman–Crippen LogP) is 5.40. The van der Waals surface area contributed by atoms with Gasteiger partial charge in [-0.1, -0.05) is 66.7 Å². The first-order chi connectivity index (χ1) is 15.1. The molecule has 3 aromatic carbocycles. The Morgan fingerprint density at radius 2 is 1.45 bits per heavy atom. The summed E-state index contributed by atoms with van der Waals surface area (Å²) in [6.45, 7) is 2.11. The molecule has 5 heteroatoms. The smallest absolute Gasteiger partial charge is 0.414 e. The number of para-hydroxylation sites is 1. The number of carboxylic acids is 1. The number of benzene rings is 3. The zero-order valence-electron chi connectivity index (χ0n) is 17.2. The van der Waals surface area contributed by atoms with Crippen molar-refractivity contribution in [2.24, 2.45) is 0 Å². The molecule has 2 unspecified atom stereocenters. The average molecular weight is 413 g/mol. The molecule has 0 bridgehead atoms. The molecule has 2 atom stereocenters. The molecule has 0 saturated carbocycles. The highest BCUT2D eigenvalue weighted by atomic mass is 16.6. The summed E-state index contributed by atoms with van der Waals surface area (Å²) >= 11 is 0. The number of fused-ring (bicyclic) bond motifs is 4. The standard InChI is InChI=1S/C26H23NO4/c1-16-14-22(25(28)29)21-12-6-7-13-24(21)27(16)26(30)31-15-23-19-10-4-2-8-17(19)18-9-3-5-11-20(18)23/h2-13,16,22-23H,14-15H2,1H3,(H,28,29). The minimum absolute atomic E-state index is 0.0153. The number of hydrogen-bond donors (Lipinski definition) is 1. The highest BCUT2D eigenvalue weighted by Crippen LogP contribution is 2.45. The van der Waals surface area contributed by atoms with Crippen molar-refractivity contribution in [3.8, 4) is 11.1 Å². The summed E-state index contributed by atoms with van der Waals surface area (Å²) in [5, 5.41) is 9.63. The lowest BCUT2D eigenvalue weighted by molar-refractivity contribution is -0.139. The number of hydrogen-bond acceptors (Lipinski definition) is 3. The van der Waals surface area contributed by atoms with E-state index in [4.69, 9.17) is 4.74 Å². The van der Waals surface area contributed by atoms with Gasteiger partial charge in [-0.05, 0) is 47.2 Å². The second-order valence-electron chi connectivity index (χ2n) is 8.21. The van der Waals surface area contributed by atoms with Gasteiger partial charge in [-0.3, -0.25) is 9.69 Å². The summed E-state index contributed by atoms with van der Waals surface area (Å²) < 4.78 is 5.84. The molecule has 0 saturated heterocycles. The summed E-state index contributed by atoms with van der Waals surface area (Å²) in [7, 11) is 0. The number of amides is 1. The maximum absolute atomic E-state index is 13.2. The maximum Gasteiger partial charge on any atom is 0.414 e. The third-order valence-corrected chi connectivity index (χ3v) is 6.42. The fourth-order valence-electron chi connectivity index (χ4n) is 4.99. The Hall–Kier alpha value is -3.60. The van der Waals surface area contributed by atoms with Crippen LogP contribution in [0.5, 0.6) is 0 Å². The van der Waals surface area contributed by atoms with Gasteiger partial charge in [0.15, 0.2) is 0 Å². The lowest BCUT2D eigenvalue weighted by atomic mass is 9.86. The molecule has 0 spiro atoms. The molecule has 1 N–H and O–H groups in total. The Balaban J connectivity index is 1.41. The Kier molecular flexibility index (Phi) is 4.74. The number of nitrogens with zero attached hydrogens (tertiary/aromatic N) is 1. The van der Waals surface area contributed by atoms with E-state index in [0.717, 1.165) is 11.1 Å². The van der Waals surface area contributed by atoms with Crippen LogP contribution >= 0.6 is 0 Å². The van der Waals surface area contributed by atoms with Gasteiger partial charge in [0.1, 0.15) is 6.61 Å². The first-order valence-electron chi connectivity index (χ1n) is 10.5. The summed E-state index contributed by atoms with van der Waals surface area (Å²) in [5.74, 6) is -1.51. The van der Waals surface area contributed by atoms with Crippen molar-refractivity contribution in [3.05, 3.63) is 89.5 Å². The fraction of sp³-hybridized carbons (Fsp3) is 0.231. The lowest BCUT2D eigenvalue weighted by Crippen LogP contribution is -2.45. The zero-order valence-corrected chi connectivity index (χ0v) is 17.2. The molecular weight excluding hydrogens is 390 g/mol. The predicted molar refractivity (Wildman–Crippen MR) is 118 cm³/mol. The van der Waals surface area contributed by atoms with Crippen LogP contribution in [0.25, 0.3) is 11.1 Å². The van der Waals surface area contributed by atoms with Crippen LogP contribution in [0, 0.1) is 0 Å². The third kappa shape index (κ3) is 3.17. The van der Waals surface area contributed by atoms with Gasteiger partial charge in [-0.15, -0.1) is 0 Å². The second-order valence-corrected chi connectivity index (χ2v) is 8.21. The third-order valence-electron chi connectivity index (χ3n) is 6.42. The van der Waals surface area contributed by atoms with Crippen LogP contribution in [0.4, 0.5) is 10.5 Å². The van der Waals surface area contributed by atoms with Gasteiger partial charge < -0.3 is 9.84 Å². The summed E-state index contributed by atoms with van der Waals surface area (Å²) in [6.07, 6.45) is -0.0815. The number of rotatable bonds is 3. The van der Waals surface area contributed by atoms with E-state index in [-0.39, 0.29) is 18.6 Å². The lowest BCUT2D eigenvalue weighted by Gasteiger charge is -2.37. The number of ether oxygens (including phenoxy) is 1. The maximum atomic E-state index is 13.2. The molecule has 5 nitrogen and oxygen atoms in total. The van der Waals surface area contributed by atoms with Crippen LogP contribution < -0.4 is 4.90 Å². The Bertz CT molecular complexity index is 1130. The molecule has 31 heavy (non-hydrogen) atoms. The minimum atomic E-state index is -0.869. The van der Waals surface area contributed by atoms with Crippen LogP contribution in [-0.2, 0) is 9.53 Å². The molecule has 156 valence electrons. The van der Waals surface area contributed by atoms with Crippen molar-refractivity contribution in [1.82, 2.24) is 0 Å². The van der Waals surface area contributed by atoms with E-state index in [1.807, 2.05) is 37.3 Å². The van der Waals surface area contributed by atoms with E-state index in [2.05, 4.69) is 24.3 Å². The van der Waals surface area contributed by atoms with Crippen molar-refractivity contribution in [2.45, 2.75) is 31.2 Å². The SMILES string of the molecule is CC1CC(C(=O)O)c2ccccc2N1C(=O)OCC1c2ccccc2-c2ccccc21. The molecule has 1 heterocycles. The van der Waals surface area contributed by atoms with Gasteiger partial charge in [-0.25, -0.2) is 4.79 Å². The monoisotopic (exact) mass is 413 g/mol. The van der Waals surface area contributed by atoms with Crippen molar-refractivity contribution in [1.29, 1.82) is 0 Å². The van der Waals surface area contributed by atoms with E-state index in [1.54, 1.807) is 23.1 Å². The van der Waals surface area contributed by atoms with Crippen molar-refractivity contribution in [2.75, 3.05) is 11.5 Å². The van der Waals surface area contributed by atoms with Gasteiger partial charge in [0, 0.05) is 12.0 Å². The van der Waals surface area contributed by atoms with Crippen LogP contribution in [-0.4, -0.2) is 29.8 Å². The van der Waals surface area contributed by atoms with E-state index in [1.165, 1.54) is 11.1 Å². The molecule has 1 aliphatic carbocycles. The quantitative estimate of drug-likeness (QED) is 0.624. The number of aliphatic carboxylic acids is 1. The molecule has 1 aliphatic heterocycles. The normalized spacial score (nSPS) is 19.3. The van der Waals surface area contributed by atoms with E-state index < -0.39 is 18.0 Å². The van der Waals surface area contributed by atoms with E-state index in [0.29, 0.717) is 17.7 Å². The van der Waals surface area contributed by atoms with Gasteiger partial charge in [0.05, 0.1) is 11.6 Å². The van der Waals surface area contributed by atoms with Crippen molar-refractivity contribution >= 4 is 17.7 Å². The van der Waals surface area contributed by atoms with Crippen molar-refractivity contribution in [3.63, 3.8) is 0 Å². The van der Waals surface area contributed by atoms with Crippen LogP contribution in [0.3, 0.4) is 0 Å². The molecule has 0 fully saturated rings. The number of carboxylic acid groups (broad SMARTS) is 1. The highest BCUT2D eigenvalue weighted by molar-refractivity contribution is 5.93. The number of carbonyl (C=O) groups excluding carboxylic acids is 1. The molecule has 2 aliphatic rings. The summed E-state index contributed by atoms with van der Waals surface area (Å²) in [4.78, 5) is 26.5. The first-order valence-corrected chi connectivity index (χ1v) is 10.5. The fourth-order valence-corrected chi connectivity index (χ4v) is 4.99. The van der Waals surface area contributed by atoms with Crippen LogP contribution in [0.1, 0.15) is 41.9 Å². The van der Waals surface area contributed by atoms with Gasteiger partial charge >= 0.3 is 12.1 Å². The summed E-state index contributed by atoms with van der Waals surface area (Å²) in [5.41, 5.74) is 5.96. The number of carbonyl (C=O) groups is 2. The average Bonchev–Trinajstić information content (AvgIpc) is 3.10.